The Hall–Kier alpha value is -9.34. The van der Waals surface area contributed by atoms with Gasteiger partial charge in [0.25, 0.3) is 0 Å². The van der Waals surface area contributed by atoms with Gasteiger partial charge in [0.05, 0.1) is 31.7 Å². The molecule has 0 bridgehead atoms. The number of nitrogens with one attached hydrogen (secondary N) is 14. The molecule has 2 unspecified atom stereocenters. The number of nitrogens with zero attached hydrogens (tertiary/aromatic N) is 1. The average Bonchev–Trinajstić information content (AvgIpc) is 1.85. The zero-order valence-corrected chi connectivity index (χ0v) is 59.9. The first-order valence-electron chi connectivity index (χ1n) is 31.5. The number of guanidine groups is 1. The SMILES string of the molecule is CCOC(C)SCC(=O)NC(CCCC(=O)N[C@@H](C)C(=O)N[C@H]1CSSC[C@@H](C(=O)N[C@@H](CCCN=C(N)N)C(=O)NCC(=O)N[C@@H](CC(=O)O)C(=O)N[C@H]2CSSC[C@@H](C(=O)NCC(=O)O)NC(=O)[C@H](Cc3ccccc3)NC2=O)NC(=O)[C@H](CC(=O)O)NC1=O)C(=O)NCC(=O)NCC(=O)O. The molecular formula is C58H85N17O23S5. The topological polar surface area (TPSA) is 630 Å². The fourth-order valence-electron chi connectivity index (χ4n) is 8.90. The van der Waals surface area contributed by atoms with Gasteiger partial charge in [0.2, 0.25) is 82.7 Å². The minimum atomic E-state index is -1.92. The van der Waals surface area contributed by atoms with E-state index < -0.39 is 206 Å². The second-order valence-electron chi connectivity index (χ2n) is 22.4. The molecule has 1 aromatic carbocycles. The van der Waals surface area contributed by atoms with E-state index in [1.54, 1.807) is 44.2 Å². The number of rotatable bonds is 39. The van der Waals surface area contributed by atoms with Gasteiger partial charge in [0, 0.05) is 49.0 Å². The van der Waals surface area contributed by atoms with Crippen LogP contribution in [0.25, 0.3) is 0 Å². The molecule has 3 rings (SSSR count). The molecule has 14 amide bonds. The molecule has 0 spiro atoms. The number of aliphatic carboxylic acids is 4. The molecule has 103 heavy (non-hydrogen) atoms. The van der Waals surface area contributed by atoms with Crippen molar-refractivity contribution in [3.63, 3.8) is 0 Å². The van der Waals surface area contributed by atoms with E-state index in [2.05, 4.69) is 79.4 Å². The molecule has 22 N–H and O–H groups in total. The third kappa shape index (κ3) is 35.9. The van der Waals surface area contributed by atoms with Crippen molar-refractivity contribution in [1.29, 1.82) is 0 Å². The summed E-state index contributed by atoms with van der Waals surface area (Å²) >= 11 is 1.13. The van der Waals surface area contributed by atoms with Crippen molar-refractivity contribution in [2.45, 2.75) is 138 Å². The van der Waals surface area contributed by atoms with Gasteiger partial charge in [-0.05, 0) is 52.0 Å². The molecule has 1 aromatic rings. The monoisotopic (exact) mass is 1550 g/mol. The van der Waals surface area contributed by atoms with Crippen LogP contribution >= 0.6 is 54.9 Å². The Morgan fingerprint density at radius 2 is 1.08 bits per heavy atom. The van der Waals surface area contributed by atoms with Crippen LogP contribution in [0.15, 0.2) is 35.3 Å². The van der Waals surface area contributed by atoms with Gasteiger partial charge in [0.1, 0.15) is 78.9 Å². The van der Waals surface area contributed by atoms with E-state index >= 15 is 0 Å². The number of benzene rings is 1. The lowest BCUT2D eigenvalue weighted by molar-refractivity contribution is -0.141. The molecule has 45 heteroatoms. The van der Waals surface area contributed by atoms with Gasteiger partial charge in [-0.3, -0.25) is 91.3 Å². The predicted octanol–water partition coefficient (Wildman–Crippen LogP) is -7.19. The Balaban J connectivity index is 1.74. The Kier molecular flexibility index (Phi) is 40.1. The van der Waals surface area contributed by atoms with E-state index in [1.165, 1.54) is 6.92 Å². The molecule has 0 aromatic heterocycles. The van der Waals surface area contributed by atoms with E-state index in [0.29, 0.717) is 12.2 Å². The van der Waals surface area contributed by atoms with Gasteiger partial charge in [-0.15, -0.1) is 11.8 Å². The molecule has 570 valence electrons. The van der Waals surface area contributed by atoms with Crippen LogP contribution in [-0.4, -0.2) is 267 Å². The zero-order chi connectivity index (χ0) is 76.7. The summed E-state index contributed by atoms with van der Waals surface area (Å²) in [4.78, 5) is 238. The van der Waals surface area contributed by atoms with E-state index in [1.807, 2.05) is 0 Å². The van der Waals surface area contributed by atoms with Crippen LogP contribution in [0.5, 0.6) is 0 Å². The van der Waals surface area contributed by atoms with Crippen molar-refractivity contribution in [3.05, 3.63) is 35.9 Å². The van der Waals surface area contributed by atoms with E-state index in [4.69, 9.17) is 26.4 Å². The zero-order valence-electron chi connectivity index (χ0n) is 55.9. The maximum Gasteiger partial charge on any atom is 0.322 e. The summed E-state index contributed by atoms with van der Waals surface area (Å²) in [6.45, 7) is 1.89. The quantitative estimate of drug-likeness (QED) is 0.00957. The molecule has 2 heterocycles. The minimum absolute atomic E-state index is 0.0141. The summed E-state index contributed by atoms with van der Waals surface area (Å²) in [7, 11) is 3.68. The fourth-order valence-corrected chi connectivity index (χ4v) is 14.3. The first-order chi connectivity index (χ1) is 48.7. The standard InChI is InChI=1S/C58H85N17O23S5/c1-4-98-29(3)99-27-43(79)67-31(49(89)63-19-41(77)62-21-46(84)85)12-8-14-40(76)66-28(2)48(88)72-37-24-101-103-25-38(75-54(94)35(18-45(82)83)71-56(37)96)55(95)69-32(13-9-15-61-58(59)60)50(90)64-20-42(78)68-34(17-44(80)81)53(93)74-39-26-102-100-23-36(51(91)65-22-47(86)87)73-52(92)33(70-57(39)97)16-30-10-6-5-7-11-30/h5-7,10-11,28-29,31-39H,4,8-9,12-27H2,1-3H3,(H,62,77)(H,63,89)(H,64,90)(H,65,91)(H,66,76)(H,67,79)(H,68,78)(H,69,95)(H,70,97)(H,71,96)(H,72,88)(H,73,92)(H,74,93)(H,75,94)(H,80,81)(H,82,83)(H,84,85)(H,86,87)(H4,59,60,61)/t28-,29?,31?,32-,33-,34-,35-,36-,37-,38-,39-/m0/s1. The lowest BCUT2D eigenvalue weighted by atomic mass is 10.0. The molecule has 2 aliphatic rings. The van der Waals surface area contributed by atoms with Crippen molar-refractivity contribution in [2.75, 3.05) is 68.1 Å². The Morgan fingerprint density at radius 3 is 1.65 bits per heavy atom. The van der Waals surface area contributed by atoms with E-state index in [-0.39, 0.29) is 85.2 Å². The van der Waals surface area contributed by atoms with Crippen LogP contribution in [0.1, 0.15) is 71.3 Å². The molecule has 2 fully saturated rings. The summed E-state index contributed by atoms with van der Waals surface area (Å²) in [6.07, 6.45) is -3.09. The highest BCUT2D eigenvalue weighted by Gasteiger charge is 2.37. The minimum Gasteiger partial charge on any atom is -0.481 e. The Bertz CT molecular complexity index is 3230. The molecule has 2 saturated heterocycles. The number of aliphatic imine (C=N–C) groups is 1. The molecular weight excluding hydrogens is 1460 g/mol. The smallest absolute Gasteiger partial charge is 0.322 e. The van der Waals surface area contributed by atoms with Crippen molar-refractivity contribution >= 4 is 167 Å². The van der Waals surface area contributed by atoms with Gasteiger partial charge >= 0.3 is 23.9 Å². The molecule has 0 aliphatic carbocycles. The van der Waals surface area contributed by atoms with Crippen LogP contribution in [0.2, 0.25) is 0 Å². The molecule has 0 saturated carbocycles. The third-order valence-corrected chi connectivity index (χ3v) is 19.9. The van der Waals surface area contributed by atoms with Crippen molar-refractivity contribution < 1.29 is 111 Å². The number of hydrogen-bond acceptors (Lipinski definition) is 25. The summed E-state index contributed by atoms with van der Waals surface area (Å²) in [5.74, 6) is -20.8. The van der Waals surface area contributed by atoms with Crippen LogP contribution in [0, 0.1) is 0 Å². The number of carbonyl (C=O) groups is 18. The second kappa shape index (κ2) is 47.0. The molecule has 2 aliphatic heterocycles. The molecule has 0 radical (unpaired) electrons. The number of hydrogen-bond donors (Lipinski definition) is 20. The van der Waals surface area contributed by atoms with E-state index in [9.17, 15) is 96.5 Å². The van der Waals surface area contributed by atoms with Gasteiger partial charge in [0.15, 0.2) is 5.96 Å². The number of ether oxygens (including phenoxy) is 1. The fraction of sp³-hybridized carbons (Fsp3) is 0.569. The van der Waals surface area contributed by atoms with Crippen LogP contribution in [0.4, 0.5) is 0 Å². The number of carboxylic acid groups (broad SMARTS) is 4. The largest absolute Gasteiger partial charge is 0.481 e. The molecule has 11 atom stereocenters. The molecule has 40 nitrogen and oxygen atoms in total. The van der Waals surface area contributed by atoms with Gasteiger partial charge < -0.3 is 111 Å². The van der Waals surface area contributed by atoms with Crippen LogP contribution < -0.4 is 85.9 Å². The maximum absolute atomic E-state index is 14.2. The van der Waals surface area contributed by atoms with Crippen LogP contribution in [0.3, 0.4) is 0 Å². The Morgan fingerprint density at radius 1 is 0.553 bits per heavy atom. The average molecular weight is 1550 g/mol. The number of amides is 14. The normalized spacial score (nSPS) is 19.4. The van der Waals surface area contributed by atoms with Gasteiger partial charge in [-0.2, -0.15) is 0 Å². The van der Waals surface area contributed by atoms with Crippen molar-refractivity contribution in [2.24, 2.45) is 16.5 Å². The van der Waals surface area contributed by atoms with Crippen molar-refractivity contribution in [3.8, 4) is 0 Å². The highest BCUT2D eigenvalue weighted by atomic mass is 33.1. The van der Waals surface area contributed by atoms with Crippen LogP contribution in [-0.2, 0) is 97.5 Å². The van der Waals surface area contributed by atoms with Gasteiger partial charge in [-0.25, -0.2) is 0 Å². The Labute approximate surface area is 608 Å². The number of nitrogens with two attached hydrogens (primary N) is 2. The number of thioether (sulfide) groups is 1. The summed E-state index contributed by atoms with van der Waals surface area (Å²) in [6, 6.07) is -7.04. The third-order valence-electron chi connectivity index (χ3n) is 14.0. The summed E-state index contributed by atoms with van der Waals surface area (Å²) < 4.78 is 5.40. The highest BCUT2D eigenvalue weighted by molar-refractivity contribution is 8.77. The predicted molar refractivity (Wildman–Crippen MR) is 374 cm³/mol. The first-order valence-corrected chi connectivity index (χ1v) is 37.6. The van der Waals surface area contributed by atoms with Gasteiger partial charge in [-0.1, -0.05) is 73.5 Å². The van der Waals surface area contributed by atoms with E-state index in [0.717, 1.165) is 54.9 Å². The number of carboxylic acids is 4. The summed E-state index contributed by atoms with van der Waals surface area (Å²) in [5, 5.41) is 70.5. The lowest BCUT2D eigenvalue weighted by Gasteiger charge is -2.25. The number of carbonyl (C=O) groups excluding carboxylic acids is 14. The maximum atomic E-state index is 14.2. The van der Waals surface area contributed by atoms with Crippen molar-refractivity contribution in [1.82, 2.24) is 74.4 Å². The lowest BCUT2D eigenvalue weighted by Crippen LogP contribution is -2.60. The second-order valence-corrected chi connectivity index (χ2v) is 28.8. The first kappa shape index (κ1) is 87.9. The summed E-state index contributed by atoms with van der Waals surface area (Å²) in [5.41, 5.74) is 11.1. The highest BCUT2D eigenvalue weighted by Crippen LogP contribution is 2.26.